The fourth-order valence-electron chi connectivity index (χ4n) is 4.33. The second kappa shape index (κ2) is 13.7. The van der Waals surface area contributed by atoms with E-state index in [0.717, 1.165) is 46.7 Å². The molecule has 48 heavy (non-hydrogen) atoms. The summed E-state index contributed by atoms with van der Waals surface area (Å²) in [5.74, 6) is -1.19. The Hall–Kier alpha value is -4.88. The van der Waals surface area contributed by atoms with Crippen LogP contribution in [-0.2, 0) is 34.6 Å². The number of nitrogens with zero attached hydrogens (tertiary/aromatic N) is 2. The number of allylic oxidation sites excluding steroid dienone is 3. The third-order valence-electron chi connectivity index (χ3n) is 6.84. The fraction of sp³-hybridized carbons (Fsp3) is 0.0909. The molecule has 0 saturated carbocycles. The lowest BCUT2D eigenvalue weighted by Gasteiger charge is -2.14. The second-order valence-electron chi connectivity index (χ2n) is 10.4. The van der Waals surface area contributed by atoms with Gasteiger partial charge in [-0.2, -0.15) is 30.5 Å². The number of oxime groups is 1. The molecule has 1 aliphatic heterocycles. The van der Waals surface area contributed by atoms with Gasteiger partial charge in [0.2, 0.25) is 0 Å². The molecule has 15 heteroatoms. The van der Waals surface area contributed by atoms with Gasteiger partial charge in [0, 0.05) is 6.07 Å². The molecule has 11 nitrogen and oxygen atoms in total. The standard InChI is InChI=1S/C33H26N2O9S4/c1-22-8-13-26(14-9-22)46(36,37)42-25-12-17-31(43-47(38,39)27-15-10-23(2)11-16-27)32(20-25)48(40,41)44-35-30-18-19-45-33(30)29(21-34)28-7-5-4-6-24(28)3/h4-20H,1-3H3. The molecular formula is C33H26N2O9S4. The van der Waals surface area contributed by atoms with Crippen molar-refractivity contribution in [2.45, 2.75) is 35.5 Å². The van der Waals surface area contributed by atoms with E-state index in [-0.39, 0.29) is 21.1 Å². The summed E-state index contributed by atoms with van der Waals surface area (Å²) in [6.45, 7) is 5.34. The molecule has 4 aromatic carbocycles. The summed E-state index contributed by atoms with van der Waals surface area (Å²) < 4.78 is 95.0. The van der Waals surface area contributed by atoms with Crippen LogP contribution in [0.2, 0.25) is 0 Å². The van der Waals surface area contributed by atoms with Crippen LogP contribution in [0.15, 0.2) is 127 Å². The van der Waals surface area contributed by atoms with Gasteiger partial charge >= 0.3 is 30.4 Å². The van der Waals surface area contributed by atoms with Crippen LogP contribution >= 0.6 is 11.8 Å². The maximum atomic E-state index is 13.7. The minimum Gasteiger partial charge on any atom is -0.379 e. The Balaban J connectivity index is 1.56. The molecule has 4 aromatic rings. The van der Waals surface area contributed by atoms with Gasteiger partial charge < -0.3 is 8.37 Å². The van der Waals surface area contributed by atoms with Crippen molar-refractivity contribution in [3.05, 3.63) is 130 Å². The molecule has 0 N–H and O–H groups in total. The van der Waals surface area contributed by atoms with Crippen LogP contribution in [0, 0.1) is 32.1 Å². The first-order valence-corrected chi connectivity index (χ1v) is 19.0. The van der Waals surface area contributed by atoms with Crippen molar-refractivity contribution >= 4 is 53.4 Å². The summed E-state index contributed by atoms with van der Waals surface area (Å²) in [5.41, 5.74) is 3.22. The van der Waals surface area contributed by atoms with Gasteiger partial charge in [0.15, 0.2) is 10.6 Å². The van der Waals surface area contributed by atoms with E-state index in [2.05, 4.69) is 11.2 Å². The normalized spacial score (nSPS) is 15.2. The topological polar surface area (TPSA) is 166 Å². The molecule has 0 bridgehead atoms. The summed E-state index contributed by atoms with van der Waals surface area (Å²) in [6, 6.07) is 23.4. The van der Waals surface area contributed by atoms with Crippen molar-refractivity contribution in [3.63, 3.8) is 0 Å². The first kappa shape index (κ1) is 34.5. The van der Waals surface area contributed by atoms with Crippen molar-refractivity contribution in [2.24, 2.45) is 5.16 Å². The second-order valence-corrected chi connectivity index (χ2v) is 15.9. The number of hydrogen-bond acceptors (Lipinski definition) is 12. The molecule has 0 atom stereocenters. The molecule has 1 heterocycles. The Morgan fingerprint density at radius 3 is 1.90 bits per heavy atom. The van der Waals surface area contributed by atoms with E-state index in [1.807, 2.05) is 19.1 Å². The molecule has 0 aromatic heterocycles. The summed E-state index contributed by atoms with van der Waals surface area (Å²) in [7, 11) is -14.0. The lowest BCUT2D eigenvalue weighted by molar-refractivity contribution is 0.337. The lowest BCUT2D eigenvalue weighted by atomic mass is 10.0. The molecule has 0 saturated heterocycles. The number of aryl methyl sites for hydroxylation is 3. The van der Waals surface area contributed by atoms with E-state index in [0.29, 0.717) is 10.5 Å². The van der Waals surface area contributed by atoms with E-state index >= 15 is 0 Å². The first-order valence-electron chi connectivity index (χ1n) is 13.9. The van der Waals surface area contributed by atoms with Crippen molar-refractivity contribution in [1.29, 1.82) is 5.26 Å². The zero-order valence-corrected chi connectivity index (χ0v) is 28.8. The smallest absolute Gasteiger partial charge is 0.362 e. The molecule has 0 spiro atoms. The van der Waals surface area contributed by atoms with Crippen LogP contribution in [0.1, 0.15) is 22.3 Å². The monoisotopic (exact) mass is 722 g/mol. The molecule has 0 amide bonds. The summed E-state index contributed by atoms with van der Waals surface area (Å²) in [5, 5.41) is 15.3. The van der Waals surface area contributed by atoms with E-state index < -0.39 is 46.7 Å². The largest absolute Gasteiger partial charge is 0.379 e. The Labute approximate surface area is 283 Å². The molecule has 5 rings (SSSR count). The Morgan fingerprint density at radius 2 is 1.31 bits per heavy atom. The first-order chi connectivity index (χ1) is 22.7. The van der Waals surface area contributed by atoms with Gasteiger partial charge in [0.1, 0.15) is 27.3 Å². The number of nitriles is 1. The van der Waals surface area contributed by atoms with Crippen LogP contribution in [-0.4, -0.2) is 31.0 Å². The SMILES string of the molecule is Cc1ccc(S(=O)(=O)Oc2ccc(OS(=O)(=O)c3ccc(C)cc3)c(S(=O)(=O)ON=C3C=CSC3=C(C#N)c3ccccc3C)c2)cc1. The molecule has 0 fully saturated rings. The Morgan fingerprint density at radius 1 is 0.729 bits per heavy atom. The maximum Gasteiger partial charge on any atom is 0.362 e. The summed E-state index contributed by atoms with van der Waals surface area (Å²) in [6.07, 6.45) is 1.44. The zero-order chi connectivity index (χ0) is 34.7. The van der Waals surface area contributed by atoms with Gasteiger partial charge in [-0.15, -0.1) is 0 Å². The average Bonchev–Trinajstić information content (AvgIpc) is 3.50. The molecule has 246 valence electrons. The Kier molecular flexibility index (Phi) is 9.83. The lowest BCUT2D eigenvalue weighted by Crippen LogP contribution is -2.14. The van der Waals surface area contributed by atoms with E-state index in [4.69, 9.17) is 12.6 Å². The molecule has 1 aliphatic rings. The zero-order valence-electron chi connectivity index (χ0n) is 25.5. The highest BCUT2D eigenvalue weighted by molar-refractivity contribution is 8.07. The number of rotatable bonds is 10. The summed E-state index contributed by atoms with van der Waals surface area (Å²) >= 11 is 1.13. The molecule has 0 unspecified atom stereocenters. The van der Waals surface area contributed by atoms with Crippen LogP contribution in [0.4, 0.5) is 0 Å². The molecule has 0 radical (unpaired) electrons. The van der Waals surface area contributed by atoms with E-state index in [9.17, 15) is 30.5 Å². The minimum atomic E-state index is -5.02. The van der Waals surface area contributed by atoms with E-state index in [1.54, 1.807) is 43.5 Å². The van der Waals surface area contributed by atoms with Crippen LogP contribution in [0.5, 0.6) is 11.5 Å². The van der Waals surface area contributed by atoms with Gasteiger partial charge in [-0.3, -0.25) is 4.28 Å². The van der Waals surface area contributed by atoms with Gasteiger partial charge in [-0.25, -0.2) is 0 Å². The summed E-state index contributed by atoms with van der Waals surface area (Å²) in [4.78, 5) is -1.03. The maximum absolute atomic E-state index is 13.7. The number of thioether (sulfide) groups is 1. The predicted octanol–water partition coefficient (Wildman–Crippen LogP) is 6.40. The van der Waals surface area contributed by atoms with Crippen LogP contribution < -0.4 is 8.37 Å². The van der Waals surface area contributed by atoms with Gasteiger partial charge in [0.05, 0.1) is 10.5 Å². The highest BCUT2D eigenvalue weighted by atomic mass is 32.2. The Bertz CT molecular complexity index is 2360. The van der Waals surface area contributed by atoms with Crippen LogP contribution in [0.25, 0.3) is 5.57 Å². The van der Waals surface area contributed by atoms with Crippen molar-refractivity contribution < 1.29 is 37.9 Å². The third kappa shape index (κ3) is 7.63. The van der Waals surface area contributed by atoms with Gasteiger partial charge in [-0.1, -0.05) is 76.6 Å². The number of benzene rings is 4. The molecular weight excluding hydrogens is 697 g/mol. The highest BCUT2D eigenvalue weighted by Crippen LogP contribution is 2.37. The van der Waals surface area contributed by atoms with Crippen LogP contribution in [0.3, 0.4) is 0 Å². The number of hydrogen-bond donors (Lipinski definition) is 0. The van der Waals surface area contributed by atoms with Crippen molar-refractivity contribution in [2.75, 3.05) is 0 Å². The average molecular weight is 723 g/mol. The van der Waals surface area contributed by atoms with E-state index in [1.165, 1.54) is 42.5 Å². The fourth-order valence-corrected chi connectivity index (χ4v) is 7.96. The highest BCUT2D eigenvalue weighted by Gasteiger charge is 2.29. The quantitative estimate of drug-likeness (QED) is 0.101. The predicted molar refractivity (Wildman–Crippen MR) is 181 cm³/mol. The minimum absolute atomic E-state index is 0.00692. The van der Waals surface area contributed by atoms with Gasteiger partial charge in [-0.05, 0) is 79.8 Å². The van der Waals surface area contributed by atoms with Crippen molar-refractivity contribution in [3.8, 4) is 17.6 Å². The third-order valence-corrected chi connectivity index (χ3v) is 11.4. The van der Waals surface area contributed by atoms with Crippen molar-refractivity contribution in [1.82, 2.24) is 0 Å². The van der Waals surface area contributed by atoms with Gasteiger partial charge in [0.25, 0.3) is 0 Å². The molecule has 0 aliphatic carbocycles.